The minimum absolute atomic E-state index is 0.00360. The van der Waals surface area contributed by atoms with E-state index in [4.69, 9.17) is 4.99 Å². The molecule has 1 aliphatic rings. The van der Waals surface area contributed by atoms with Crippen LogP contribution in [-0.2, 0) is 17.6 Å². The molecule has 1 aliphatic heterocycles. The van der Waals surface area contributed by atoms with E-state index in [2.05, 4.69) is 24.9 Å². The quantitative estimate of drug-likeness (QED) is 0.497. The number of hydrogen-bond acceptors (Lipinski definition) is 4. The van der Waals surface area contributed by atoms with E-state index in [-0.39, 0.29) is 11.8 Å². The van der Waals surface area contributed by atoms with Crippen molar-refractivity contribution in [1.29, 1.82) is 0 Å². The number of aromatic hydroxyl groups is 1. The van der Waals surface area contributed by atoms with E-state index in [1.54, 1.807) is 4.57 Å². The lowest BCUT2D eigenvalue weighted by Gasteiger charge is -2.11. The summed E-state index contributed by atoms with van der Waals surface area (Å²) in [7, 11) is 0. The molecule has 0 saturated heterocycles. The molecule has 0 unspecified atom stereocenters. The minimum atomic E-state index is -0.343. The van der Waals surface area contributed by atoms with Gasteiger partial charge in [0.2, 0.25) is 5.88 Å². The second-order valence-corrected chi connectivity index (χ2v) is 8.74. The number of aromatic nitrogens is 1. The Bertz CT molecular complexity index is 1580. The van der Waals surface area contributed by atoms with Crippen LogP contribution in [0.1, 0.15) is 29.9 Å². The molecule has 0 fully saturated rings. The summed E-state index contributed by atoms with van der Waals surface area (Å²) in [5, 5.41) is 12.8. The van der Waals surface area contributed by atoms with Gasteiger partial charge in [-0.3, -0.25) is 9.36 Å². The molecule has 33 heavy (non-hydrogen) atoms. The highest BCUT2D eigenvalue weighted by Gasteiger charge is 2.26. The number of aryl methyl sites for hydroxylation is 2. The van der Waals surface area contributed by atoms with E-state index in [1.165, 1.54) is 11.3 Å². The molecule has 0 spiro atoms. The van der Waals surface area contributed by atoms with Gasteiger partial charge in [-0.2, -0.15) is 0 Å². The average Bonchev–Trinajstić information content (AvgIpc) is 3.34. The molecule has 1 aromatic heterocycles. The number of para-hydroxylation sites is 3. The van der Waals surface area contributed by atoms with Gasteiger partial charge in [-0.25, -0.2) is 9.98 Å². The summed E-state index contributed by atoms with van der Waals surface area (Å²) in [5.74, 6) is -0.340. The first-order valence-corrected chi connectivity index (χ1v) is 11.8. The molecular weight excluding hydrogens is 430 g/mol. The Balaban J connectivity index is 1.87. The van der Waals surface area contributed by atoms with Crippen LogP contribution in [-0.4, -0.2) is 15.6 Å². The molecule has 4 aromatic rings. The summed E-state index contributed by atoms with van der Waals surface area (Å²) in [6, 6.07) is 23.4. The SMILES string of the molecule is CCc1ccccc1N=c1sc(C2=c3ccccc3=NC2=O)c(O)n1-c1ccccc1CC. The molecule has 2 heterocycles. The fourth-order valence-electron chi connectivity index (χ4n) is 4.16. The first kappa shape index (κ1) is 21.1. The van der Waals surface area contributed by atoms with Gasteiger partial charge in [-0.1, -0.05) is 79.8 Å². The van der Waals surface area contributed by atoms with Crippen LogP contribution in [0.5, 0.6) is 5.88 Å². The number of hydrogen-bond donors (Lipinski definition) is 1. The number of benzene rings is 3. The highest BCUT2D eigenvalue weighted by atomic mass is 32.1. The van der Waals surface area contributed by atoms with Crippen LogP contribution in [0.4, 0.5) is 5.69 Å². The summed E-state index contributed by atoms with van der Waals surface area (Å²) in [6.07, 6.45) is 1.64. The van der Waals surface area contributed by atoms with Crippen LogP contribution >= 0.6 is 11.3 Å². The van der Waals surface area contributed by atoms with Gasteiger partial charge in [0.1, 0.15) is 4.88 Å². The third-order valence-corrected chi connectivity index (χ3v) is 6.89. The fraction of sp³-hybridized carbons (Fsp3) is 0.148. The lowest BCUT2D eigenvalue weighted by Crippen LogP contribution is -2.22. The van der Waals surface area contributed by atoms with Gasteiger partial charge in [0.05, 0.1) is 22.3 Å². The van der Waals surface area contributed by atoms with Gasteiger partial charge in [-0.05, 0) is 42.2 Å². The smallest absolute Gasteiger partial charge is 0.279 e. The van der Waals surface area contributed by atoms with Crippen molar-refractivity contribution in [2.24, 2.45) is 9.98 Å². The van der Waals surface area contributed by atoms with Crippen molar-refractivity contribution >= 4 is 28.5 Å². The Morgan fingerprint density at radius 2 is 1.58 bits per heavy atom. The zero-order chi connectivity index (χ0) is 22.9. The number of carbonyl (C=O) groups excluding carboxylic acids is 1. The molecule has 0 atom stereocenters. The monoisotopic (exact) mass is 453 g/mol. The largest absolute Gasteiger partial charge is 0.493 e. The Hall–Kier alpha value is -3.77. The maximum Gasteiger partial charge on any atom is 0.279 e. The normalized spacial score (nSPS) is 13.3. The zero-order valence-electron chi connectivity index (χ0n) is 18.4. The van der Waals surface area contributed by atoms with Crippen molar-refractivity contribution in [1.82, 2.24) is 4.57 Å². The van der Waals surface area contributed by atoms with Gasteiger partial charge in [0, 0.05) is 5.22 Å². The van der Waals surface area contributed by atoms with Crippen LogP contribution in [0.25, 0.3) is 11.3 Å². The van der Waals surface area contributed by atoms with Crippen LogP contribution in [0.15, 0.2) is 82.8 Å². The summed E-state index contributed by atoms with van der Waals surface area (Å²) in [4.78, 5) is 23.1. The lowest BCUT2D eigenvalue weighted by atomic mass is 10.1. The molecule has 164 valence electrons. The summed E-state index contributed by atoms with van der Waals surface area (Å²) < 4.78 is 1.76. The average molecular weight is 454 g/mol. The van der Waals surface area contributed by atoms with E-state index in [9.17, 15) is 9.90 Å². The van der Waals surface area contributed by atoms with Crippen LogP contribution in [0.2, 0.25) is 0 Å². The third-order valence-electron chi connectivity index (χ3n) is 5.84. The van der Waals surface area contributed by atoms with Gasteiger partial charge >= 0.3 is 0 Å². The topological polar surface area (TPSA) is 66.9 Å². The summed E-state index contributed by atoms with van der Waals surface area (Å²) >= 11 is 1.31. The lowest BCUT2D eigenvalue weighted by molar-refractivity contribution is -0.112. The van der Waals surface area contributed by atoms with Crippen LogP contribution in [0.3, 0.4) is 0 Å². The van der Waals surface area contributed by atoms with E-state index < -0.39 is 0 Å². The number of nitrogens with zero attached hydrogens (tertiary/aromatic N) is 3. The summed E-state index contributed by atoms with van der Waals surface area (Å²) in [6.45, 7) is 4.18. The molecule has 6 heteroatoms. The second-order valence-electron chi connectivity index (χ2n) is 7.76. The van der Waals surface area contributed by atoms with E-state index in [0.717, 1.165) is 40.6 Å². The summed E-state index contributed by atoms with van der Waals surface area (Å²) in [5.41, 5.74) is 4.32. The van der Waals surface area contributed by atoms with Crippen molar-refractivity contribution in [3.63, 3.8) is 0 Å². The van der Waals surface area contributed by atoms with Crippen molar-refractivity contribution < 1.29 is 9.90 Å². The first-order chi connectivity index (χ1) is 16.1. The zero-order valence-corrected chi connectivity index (χ0v) is 19.3. The Labute approximate surface area is 195 Å². The van der Waals surface area contributed by atoms with Crippen molar-refractivity contribution in [3.05, 3.63) is 104 Å². The molecular formula is C27H23N3O2S. The van der Waals surface area contributed by atoms with E-state index in [1.807, 2.05) is 66.7 Å². The fourth-order valence-corrected chi connectivity index (χ4v) is 5.24. The molecule has 0 aliphatic carbocycles. The predicted octanol–water partition coefficient (Wildman–Crippen LogP) is 3.96. The number of carbonyl (C=O) groups is 1. The molecule has 1 N–H and O–H groups in total. The van der Waals surface area contributed by atoms with Gasteiger partial charge in [-0.15, -0.1) is 0 Å². The van der Waals surface area contributed by atoms with E-state index in [0.29, 0.717) is 20.6 Å². The Kier molecular flexibility index (Phi) is 5.52. The molecule has 5 nitrogen and oxygen atoms in total. The van der Waals surface area contributed by atoms with Gasteiger partial charge in [0.25, 0.3) is 5.91 Å². The van der Waals surface area contributed by atoms with E-state index >= 15 is 0 Å². The highest BCUT2D eigenvalue weighted by Crippen LogP contribution is 2.32. The standard InChI is InChI=1S/C27H23N3O2S/c1-3-17-11-5-8-14-20(17)29-27-30(22-16-10-6-12-18(22)4-2)26(32)24(33-27)23-19-13-7-9-15-21(19)28-25(23)31/h5-16,32H,3-4H2,1-2H3. The van der Waals surface area contributed by atoms with Crippen molar-refractivity contribution in [2.45, 2.75) is 26.7 Å². The maximum atomic E-state index is 12.9. The third kappa shape index (κ3) is 3.62. The van der Waals surface area contributed by atoms with Crippen molar-refractivity contribution in [2.75, 3.05) is 0 Å². The number of fused-ring (bicyclic) bond motifs is 1. The number of thiazole rings is 1. The minimum Gasteiger partial charge on any atom is -0.493 e. The van der Waals surface area contributed by atoms with Crippen LogP contribution in [0, 0.1) is 0 Å². The molecule has 1 amide bonds. The van der Waals surface area contributed by atoms with Gasteiger partial charge in [0.15, 0.2) is 4.80 Å². The second kappa shape index (κ2) is 8.64. The number of rotatable bonds is 5. The molecule has 0 bridgehead atoms. The maximum absolute atomic E-state index is 12.9. The molecule has 5 rings (SSSR count). The predicted molar refractivity (Wildman–Crippen MR) is 130 cm³/mol. The Morgan fingerprint density at radius 1 is 0.909 bits per heavy atom. The molecule has 0 saturated carbocycles. The molecule has 0 radical (unpaired) electrons. The van der Waals surface area contributed by atoms with Crippen LogP contribution < -0.4 is 15.4 Å². The van der Waals surface area contributed by atoms with Gasteiger partial charge < -0.3 is 5.11 Å². The molecule has 3 aromatic carbocycles. The Morgan fingerprint density at radius 3 is 2.36 bits per heavy atom. The van der Waals surface area contributed by atoms with Crippen molar-refractivity contribution in [3.8, 4) is 11.6 Å². The first-order valence-electron chi connectivity index (χ1n) is 11.0. The number of amides is 1. The highest BCUT2D eigenvalue weighted by molar-refractivity contribution is 7.11.